The molecule has 0 radical (unpaired) electrons. The molecule has 0 N–H and O–H groups in total. The average molecular weight is 949 g/mol. The SMILES string of the molecule is CCCCC(CC)COc1cc(OC)c(C(=O)Oc2ccc(C(=O)Oc3ccc(OC(=O)c4ccc(OC(=O)c5cc(OC)c(OCC(CC)CCCC)cc5OC)cc4)c(C)c3)cc2)cc1OC. The molecule has 0 aliphatic heterocycles. The van der Waals surface area contributed by atoms with Crippen molar-refractivity contribution in [3.63, 3.8) is 0 Å². The number of ether oxygens (including phenoxy) is 10. The van der Waals surface area contributed by atoms with Crippen molar-refractivity contribution in [3.8, 4) is 57.5 Å². The van der Waals surface area contributed by atoms with Crippen LogP contribution in [0.1, 0.15) is 126 Å². The number of methoxy groups -OCH3 is 4. The van der Waals surface area contributed by atoms with Gasteiger partial charge in [-0.25, -0.2) is 19.2 Å². The smallest absolute Gasteiger partial charge is 0.347 e. The van der Waals surface area contributed by atoms with Gasteiger partial charge >= 0.3 is 23.9 Å². The van der Waals surface area contributed by atoms with Gasteiger partial charge in [-0.1, -0.05) is 66.2 Å². The first-order valence-corrected chi connectivity index (χ1v) is 23.4. The topological polar surface area (TPSA) is 161 Å². The highest BCUT2D eigenvalue weighted by Gasteiger charge is 2.23. The fourth-order valence-corrected chi connectivity index (χ4v) is 7.26. The number of aryl methyl sites for hydroxylation is 1. The Morgan fingerprint density at radius 3 is 1.19 bits per heavy atom. The number of carbonyl (C=O) groups excluding carboxylic acids is 4. The van der Waals surface area contributed by atoms with E-state index in [1.54, 1.807) is 25.1 Å². The van der Waals surface area contributed by atoms with Gasteiger partial charge in [-0.2, -0.15) is 0 Å². The van der Waals surface area contributed by atoms with Gasteiger partial charge in [-0.3, -0.25) is 0 Å². The number of carbonyl (C=O) groups is 4. The van der Waals surface area contributed by atoms with E-state index >= 15 is 0 Å². The first kappa shape index (κ1) is 52.7. The molecule has 14 nitrogen and oxygen atoms in total. The Morgan fingerprint density at radius 1 is 0.420 bits per heavy atom. The summed E-state index contributed by atoms with van der Waals surface area (Å²) < 4.78 is 56.8. The molecule has 0 spiro atoms. The lowest BCUT2D eigenvalue weighted by Crippen LogP contribution is -2.14. The van der Waals surface area contributed by atoms with Gasteiger partial charge in [0.15, 0.2) is 23.0 Å². The summed E-state index contributed by atoms with van der Waals surface area (Å²) >= 11 is 0. The van der Waals surface area contributed by atoms with Crippen LogP contribution >= 0.6 is 0 Å². The minimum atomic E-state index is -0.694. The summed E-state index contributed by atoms with van der Waals surface area (Å²) in [6, 6.07) is 22.6. The molecule has 0 heterocycles. The van der Waals surface area contributed by atoms with Crippen molar-refractivity contribution in [1.82, 2.24) is 0 Å². The van der Waals surface area contributed by atoms with Crippen molar-refractivity contribution >= 4 is 23.9 Å². The maximum absolute atomic E-state index is 13.3. The highest BCUT2D eigenvalue weighted by atomic mass is 16.6. The van der Waals surface area contributed by atoms with Gasteiger partial charge in [-0.15, -0.1) is 0 Å². The second-order valence-corrected chi connectivity index (χ2v) is 16.4. The number of benzene rings is 5. The number of unbranched alkanes of at least 4 members (excludes halogenated alkanes) is 2. The predicted octanol–water partition coefficient (Wildman–Crippen LogP) is 12.1. The molecule has 0 amide bonds. The van der Waals surface area contributed by atoms with E-state index in [0.717, 1.165) is 51.4 Å². The van der Waals surface area contributed by atoms with Gasteiger partial charge < -0.3 is 47.4 Å². The molecule has 14 heteroatoms. The molecule has 0 fully saturated rings. The standard InChI is InChI=1S/C55H64O14/c1-10-14-16-36(12-3)33-64-50-31-46(60-6)43(29-48(50)62-8)54(58)66-40-22-18-38(19-23-40)52(56)68-42-26-27-45(35(5)28-42)69-53(57)39-20-24-41(25-21-39)67-55(59)44-30-49(63-9)51(32-47(44)61-7)65-34-37(13-4)17-15-11-2/h18-32,36-37H,10-17,33-34H2,1-9H3. The number of esters is 4. The fraction of sp³-hybridized carbons (Fsp3) is 0.382. The third-order valence-electron chi connectivity index (χ3n) is 11.6. The van der Waals surface area contributed by atoms with Crippen molar-refractivity contribution in [1.29, 1.82) is 0 Å². The second-order valence-electron chi connectivity index (χ2n) is 16.4. The van der Waals surface area contributed by atoms with Crippen molar-refractivity contribution in [2.24, 2.45) is 11.8 Å². The van der Waals surface area contributed by atoms with E-state index in [9.17, 15) is 19.2 Å². The first-order chi connectivity index (χ1) is 33.4. The van der Waals surface area contributed by atoms with Gasteiger partial charge in [0, 0.05) is 24.3 Å². The molecule has 0 bridgehead atoms. The van der Waals surface area contributed by atoms with E-state index in [-0.39, 0.29) is 56.8 Å². The third-order valence-corrected chi connectivity index (χ3v) is 11.6. The molecule has 5 aromatic rings. The highest BCUT2D eigenvalue weighted by molar-refractivity contribution is 5.96. The van der Waals surface area contributed by atoms with Gasteiger partial charge in [0.05, 0.1) is 52.8 Å². The summed E-state index contributed by atoms with van der Waals surface area (Å²) in [6.07, 6.45) is 8.55. The van der Waals surface area contributed by atoms with E-state index in [0.29, 0.717) is 53.6 Å². The first-order valence-electron chi connectivity index (χ1n) is 23.4. The van der Waals surface area contributed by atoms with Gasteiger partial charge in [0.1, 0.15) is 45.6 Å². The van der Waals surface area contributed by atoms with Crippen molar-refractivity contribution < 1.29 is 66.5 Å². The zero-order valence-electron chi connectivity index (χ0n) is 41.1. The summed E-state index contributed by atoms with van der Waals surface area (Å²) in [5.74, 6) is 1.06. The van der Waals surface area contributed by atoms with Crippen LogP contribution in [0.15, 0.2) is 91.0 Å². The lowest BCUT2D eigenvalue weighted by atomic mass is 10.0. The molecule has 0 aliphatic rings. The van der Waals surface area contributed by atoms with Crippen LogP contribution in [0.5, 0.6) is 57.5 Å². The maximum atomic E-state index is 13.3. The predicted molar refractivity (Wildman–Crippen MR) is 261 cm³/mol. The lowest BCUT2D eigenvalue weighted by Gasteiger charge is -2.19. The van der Waals surface area contributed by atoms with Gasteiger partial charge in [0.25, 0.3) is 0 Å². The second kappa shape index (κ2) is 26.4. The molecular formula is C55H64O14. The Morgan fingerprint density at radius 2 is 0.812 bits per heavy atom. The zero-order valence-corrected chi connectivity index (χ0v) is 41.1. The summed E-state index contributed by atoms with van der Waals surface area (Å²) in [5, 5.41) is 0. The van der Waals surface area contributed by atoms with Crippen LogP contribution in [-0.4, -0.2) is 65.5 Å². The molecule has 2 unspecified atom stereocenters. The Balaban J connectivity index is 1.15. The van der Waals surface area contributed by atoms with Gasteiger partial charge in [-0.05, 0) is 104 Å². The maximum Gasteiger partial charge on any atom is 0.347 e. The third kappa shape index (κ3) is 14.6. The number of rotatable bonds is 26. The molecule has 368 valence electrons. The van der Waals surface area contributed by atoms with Crippen LogP contribution in [0.4, 0.5) is 0 Å². The monoisotopic (exact) mass is 948 g/mol. The van der Waals surface area contributed by atoms with E-state index in [4.69, 9.17) is 47.4 Å². The summed E-state index contributed by atoms with van der Waals surface area (Å²) in [6.45, 7) is 11.3. The van der Waals surface area contributed by atoms with Crippen LogP contribution < -0.4 is 47.4 Å². The van der Waals surface area contributed by atoms with Crippen LogP contribution in [0.2, 0.25) is 0 Å². The number of hydrogen-bond acceptors (Lipinski definition) is 14. The minimum absolute atomic E-state index is 0.134. The van der Waals surface area contributed by atoms with E-state index in [1.807, 2.05) is 0 Å². The van der Waals surface area contributed by atoms with Crippen molar-refractivity contribution in [3.05, 3.63) is 119 Å². The van der Waals surface area contributed by atoms with E-state index in [2.05, 4.69) is 27.7 Å². The van der Waals surface area contributed by atoms with Crippen LogP contribution in [0.3, 0.4) is 0 Å². The molecule has 5 aromatic carbocycles. The van der Waals surface area contributed by atoms with Crippen molar-refractivity contribution in [2.75, 3.05) is 41.7 Å². The molecule has 0 saturated carbocycles. The zero-order chi connectivity index (χ0) is 49.9. The van der Waals surface area contributed by atoms with Crippen molar-refractivity contribution in [2.45, 2.75) is 86.0 Å². The largest absolute Gasteiger partial charge is 0.496 e. The molecule has 69 heavy (non-hydrogen) atoms. The lowest BCUT2D eigenvalue weighted by molar-refractivity contribution is 0.0714. The van der Waals surface area contributed by atoms with Gasteiger partial charge in [0.2, 0.25) is 0 Å². The highest BCUT2D eigenvalue weighted by Crippen LogP contribution is 2.38. The Kier molecular flexibility index (Phi) is 20.1. The summed E-state index contributed by atoms with van der Waals surface area (Å²) in [7, 11) is 5.90. The Bertz CT molecular complexity index is 2500. The number of hydrogen-bond donors (Lipinski definition) is 0. The normalized spacial score (nSPS) is 11.7. The summed E-state index contributed by atoms with van der Waals surface area (Å²) in [5.41, 5.74) is 1.18. The molecule has 0 aromatic heterocycles. The molecule has 0 aliphatic carbocycles. The molecular weight excluding hydrogens is 885 g/mol. The fourth-order valence-electron chi connectivity index (χ4n) is 7.26. The molecule has 5 rings (SSSR count). The van der Waals surface area contributed by atoms with Crippen LogP contribution in [0.25, 0.3) is 0 Å². The minimum Gasteiger partial charge on any atom is -0.496 e. The Hall–Kier alpha value is -7.22. The molecule has 2 atom stereocenters. The van der Waals surface area contributed by atoms with E-state index < -0.39 is 23.9 Å². The Labute approximate surface area is 405 Å². The summed E-state index contributed by atoms with van der Waals surface area (Å²) in [4.78, 5) is 52.9. The van der Waals surface area contributed by atoms with Crippen LogP contribution in [-0.2, 0) is 0 Å². The molecule has 0 saturated heterocycles. The average Bonchev–Trinajstić information content (AvgIpc) is 3.36. The van der Waals surface area contributed by atoms with E-state index in [1.165, 1.54) is 101 Å². The quantitative estimate of drug-likeness (QED) is 0.0380. The van der Waals surface area contributed by atoms with Crippen LogP contribution in [0, 0.1) is 18.8 Å².